The van der Waals surface area contributed by atoms with Crippen LogP contribution in [0.4, 0.5) is 5.69 Å². The van der Waals surface area contributed by atoms with Gasteiger partial charge in [0.15, 0.2) is 5.96 Å². The quantitative estimate of drug-likeness (QED) is 0.369. The van der Waals surface area contributed by atoms with E-state index in [0.717, 1.165) is 35.2 Å². The molecule has 1 aliphatic heterocycles. The molecular formula is C17H26BrIN4O. The van der Waals surface area contributed by atoms with Gasteiger partial charge in [0.1, 0.15) is 0 Å². The number of halogens is 2. The Kier molecular flexibility index (Phi) is 9.04. The molecule has 0 saturated carbocycles. The molecule has 1 unspecified atom stereocenters. The molecule has 0 bridgehead atoms. The summed E-state index contributed by atoms with van der Waals surface area (Å²) in [5.41, 5.74) is 7.89. The van der Waals surface area contributed by atoms with E-state index in [1.165, 1.54) is 6.42 Å². The first kappa shape index (κ1) is 21.2. The second kappa shape index (κ2) is 10.2. The van der Waals surface area contributed by atoms with Gasteiger partial charge in [-0.05, 0) is 49.4 Å². The number of rotatable bonds is 4. The minimum absolute atomic E-state index is 0. The van der Waals surface area contributed by atoms with E-state index in [1.54, 1.807) is 0 Å². The van der Waals surface area contributed by atoms with Crippen LogP contribution in [0.5, 0.6) is 0 Å². The highest BCUT2D eigenvalue weighted by Crippen LogP contribution is 2.20. The van der Waals surface area contributed by atoms with E-state index >= 15 is 0 Å². The molecule has 0 radical (unpaired) electrons. The molecule has 2 rings (SSSR count). The summed E-state index contributed by atoms with van der Waals surface area (Å²) >= 11 is 3.41. The van der Waals surface area contributed by atoms with Crippen LogP contribution in [-0.4, -0.2) is 36.4 Å². The van der Waals surface area contributed by atoms with Crippen molar-refractivity contribution in [1.29, 1.82) is 0 Å². The van der Waals surface area contributed by atoms with Gasteiger partial charge in [-0.15, -0.1) is 24.0 Å². The number of carbonyl (C=O) groups excluding carboxylic acids is 1. The number of benzene rings is 1. The molecule has 0 spiro atoms. The van der Waals surface area contributed by atoms with Gasteiger partial charge in [0.05, 0.1) is 6.54 Å². The first-order valence-electron chi connectivity index (χ1n) is 8.06. The van der Waals surface area contributed by atoms with Crippen molar-refractivity contribution in [3.63, 3.8) is 0 Å². The largest absolute Gasteiger partial charge is 0.370 e. The molecule has 7 heteroatoms. The van der Waals surface area contributed by atoms with Gasteiger partial charge in [0, 0.05) is 29.7 Å². The van der Waals surface area contributed by atoms with Crippen molar-refractivity contribution in [1.82, 2.24) is 4.90 Å². The first-order chi connectivity index (χ1) is 11.0. The van der Waals surface area contributed by atoms with Crippen LogP contribution in [0, 0.1) is 12.8 Å². The van der Waals surface area contributed by atoms with Gasteiger partial charge in [0.2, 0.25) is 5.91 Å². The van der Waals surface area contributed by atoms with Gasteiger partial charge >= 0.3 is 0 Å². The fraction of sp³-hybridized carbons (Fsp3) is 0.529. The average molecular weight is 509 g/mol. The number of nitrogens with zero attached hydrogens (tertiary/aromatic N) is 2. The van der Waals surface area contributed by atoms with Crippen molar-refractivity contribution in [2.45, 2.75) is 33.1 Å². The number of likely N-dealkylation sites (tertiary alicyclic amines) is 1. The fourth-order valence-electron chi connectivity index (χ4n) is 2.75. The van der Waals surface area contributed by atoms with E-state index in [-0.39, 0.29) is 29.9 Å². The molecule has 0 aliphatic carbocycles. The van der Waals surface area contributed by atoms with Crippen molar-refractivity contribution in [2.75, 3.05) is 25.0 Å². The van der Waals surface area contributed by atoms with Crippen LogP contribution in [-0.2, 0) is 4.79 Å². The number of nitrogens with two attached hydrogens (primary N) is 1. The zero-order chi connectivity index (χ0) is 16.8. The maximum atomic E-state index is 12.0. The molecule has 1 aromatic rings. The number of hydrogen-bond acceptors (Lipinski definition) is 2. The molecule has 1 fully saturated rings. The Morgan fingerprint density at radius 3 is 2.92 bits per heavy atom. The van der Waals surface area contributed by atoms with Crippen molar-refractivity contribution >= 4 is 57.5 Å². The van der Waals surface area contributed by atoms with E-state index in [1.807, 2.05) is 25.1 Å². The highest BCUT2D eigenvalue weighted by atomic mass is 127. The zero-order valence-corrected chi connectivity index (χ0v) is 18.1. The Labute approximate surface area is 169 Å². The number of hydrogen-bond donors (Lipinski definition) is 2. The number of guanidine groups is 1. The van der Waals surface area contributed by atoms with Gasteiger partial charge in [-0.25, -0.2) is 0 Å². The number of amides is 1. The van der Waals surface area contributed by atoms with Gasteiger partial charge in [-0.3, -0.25) is 9.79 Å². The standard InChI is InChI=1S/C17H25BrN4O.HI/c1-12-4-3-9-22(11-12)17(19)20-8-7-16(23)21-15-6-5-14(18)10-13(15)2;/h5-6,10,12H,3-4,7-9,11H2,1-2H3,(H2,19,20)(H,21,23);1H. The summed E-state index contributed by atoms with van der Waals surface area (Å²) in [4.78, 5) is 18.5. The highest BCUT2D eigenvalue weighted by Gasteiger charge is 2.17. The topological polar surface area (TPSA) is 70.7 Å². The highest BCUT2D eigenvalue weighted by molar-refractivity contribution is 14.0. The summed E-state index contributed by atoms with van der Waals surface area (Å²) in [7, 11) is 0. The maximum absolute atomic E-state index is 12.0. The molecule has 3 N–H and O–H groups in total. The Hall–Kier alpha value is -0.830. The minimum Gasteiger partial charge on any atom is -0.370 e. The summed E-state index contributed by atoms with van der Waals surface area (Å²) in [6, 6.07) is 5.78. The van der Waals surface area contributed by atoms with Crippen molar-refractivity contribution < 1.29 is 4.79 Å². The number of carbonyl (C=O) groups is 1. The number of aliphatic imine (C=N–C) groups is 1. The molecule has 0 aromatic heterocycles. The minimum atomic E-state index is -0.0426. The third-order valence-corrected chi connectivity index (χ3v) is 4.55. The number of anilines is 1. The zero-order valence-electron chi connectivity index (χ0n) is 14.2. The molecule has 1 saturated heterocycles. The van der Waals surface area contributed by atoms with Gasteiger partial charge in [-0.2, -0.15) is 0 Å². The van der Waals surface area contributed by atoms with Gasteiger partial charge < -0.3 is 16.0 Å². The van der Waals surface area contributed by atoms with Gasteiger partial charge in [-0.1, -0.05) is 22.9 Å². The number of nitrogens with one attached hydrogen (secondary N) is 1. The second-order valence-corrected chi connectivity index (χ2v) is 7.11. The van der Waals surface area contributed by atoms with Crippen molar-refractivity contribution in [2.24, 2.45) is 16.6 Å². The SMILES string of the molecule is Cc1cc(Br)ccc1NC(=O)CCN=C(N)N1CCCC(C)C1.I. The third kappa shape index (κ3) is 6.58. The predicted octanol–water partition coefficient (Wildman–Crippen LogP) is 3.75. The van der Waals surface area contributed by atoms with Crippen LogP contribution in [0.15, 0.2) is 27.7 Å². The summed E-state index contributed by atoms with van der Waals surface area (Å²) in [5.74, 6) is 1.17. The van der Waals surface area contributed by atoms with E-state index in [2.05, 4.69) is 38.1 Å². The van der Waals surface area contributed by atoms with Crippen LogP contribution < -0.4 is 11.1 Å². The fourth-order valence-corrected chi connectivity index (χ4v) is 3.23. The lowest BCUT2D eigenvalue weighted by molar-refractivity contribution is -0.116. The molecule has 1 atom stereocenters. The predicted molar refractivity (Wildman–Crippen MR) is 114 cm³/mol. The van der Waals surface area contributed by atoms with Crippen LogP contribution in [0.25, 0.3) is 0 Å². The Morgan fingerprint density at radius 1 is 1.50 bits per heavy atom. The molecular weight excluding hydrogens is 483 g/mol. The van der Waals surface area contributed by atoms with E-state index in [9.17, 15) is 4.79 Å². The molecule has 1 heterocycles. The lowest BCUT2D eigenvalue weighted by Crippen LogP contribution is -2.43. The number of aryl methyl sites for hydroxylation is 1. The van der Waals surface area contributed by atoms with Crippen molar-refractivity contribution in [3.05, 3.63) is 28.2 Å². The van der Waals surface area contributed by atoms with Crippen LogP contribution in [0.1, 0.15) is 31.7 Å². The average Bonchev–Trinajstić information content (AvgIpc) is 2.50. The van der Waals surface area contributed by atoms with Crippen LogP contribution in [0.2, 0.25) is 0 Å². The van der Waals surface area contributed by atoms with Crippen LogP contribution in [0.3, 0.4) is 0 Å². The first-order valence-corrected chi connectivity index (χ1v) is 8.86. The van der Waals surface area contributed by atoms with Crippen LogP contribution >= 0.6 is 39.9 Å². The molecule has 1 aromatic carbocycles. The molecule has 24 heavy (non-hydrogen) atoms. The summed E-state index contributed by atoms with van der Waals surface area (Å²) in [6.45, 7) is 6.53. The molecule has 134 valence electrons. The Balaban J connectivity index is 0.00000288. The Bertz CT molecular complexity index is 594. The smallest absolute Gasteiger partial charge is 0.226 e. The molecule has 1 aliphatic rings. The normalized spacial score (nSPS) is 18.0. The van der Waals surface area contributed by atoms with Crippen molar-refractivity contribution in [3.8, 4) is 0 Å². The van der Waals surface area contributed by atoms with E-state index < -0.39 is 0 Å². The Morgan fingerprint density at radius 2 is 2.25 bits per heavy atom. The lowest BCUT2D eigenvalue weighted by atomic mass is 10.0. The monoisotopic (exact) mass is 508 g/mol. The summed E-state index contributed by atoms with van der Waals surface area (Å²) in [6.07, 6.45) is 2.74. The maximum Gasteiger partial charge on any atom is 0.226 e. The summed E-state index contributed by atoms with van der Waals surface area (Å²) in [5, 5.41) is 2.91. The van der Waals surface area contributed by atoms with Gasteiger partial charge in [0.25, 0.3) is 0 Å². The summed E-state index contributed by atoms with van der Waals surface area (Å²) < 4.78 is 1.00. The molecule has 1 amide bonds. The number of piperidine rings is 1. The van der Waals surface area contributed by atoms with E-state index in [4.69, 9.17) is 5.73 Å². The van der Waals surface area contributed by atoms with E-state index in [0.29, 0.717) is 24.8 Å². The molecule has 5 nitrogen and oxygen atoms in total. The lowest BCUT2D eigenvalue weighted by Gasteiger charge is -2.31. The second-order valence-electron chi connectivity index (χ2n) is 6.19. The third-order valence-electron chi connectivity index (χ3n) is 4.06.